The number of rotatable bonds is 17. The van der Waals surface area contributed by atoms with Crippen LogP contribution in [-0.2, 0) is 9.59 Å². The molecule has 0 spiro atoms. The van der Waals surface area contributed by atoms with E-state index in [2.05, 4.69) is 31.1 Å². The first kappa shape index (κ1) is 42.0. The molecule has 14 nitrogen and oxygen atoms in total. The Hall–Kier alpha value is -6.70. The number of carbonyl (C=O) groups is 2. The third-order valence-corrected chi connectivity index (χ3v) is 8.15. The molecule has 0 bridgehead atoms. The molecule has 0 heterocycles. The molecule has 2 amide bonds. The number of allylic oxidation sites excluding steroid dienone is 2. The Balaban J connectivity index is 1.68. The van der Waals surface area contributed by atoms with Crippen LogP contribution in [-0.4, -0.2) is 49.5 Å². The SMILES string of the molecule is CCCOc1cc(-c2cc(OCCC)c(N=N/C(C(=O)Nc3ccc(OC)cc3)=C(\C)O)cc2C)c(C)cc1N=N/C(C(=O)Nc1ccc(OC)cc1)=C(\C)O. The van der Waals surface area contributed by atoms with Crippen LogP contribution in [0.2, 0.25) is 0 Å². The first-order valence-electron chi connectivity index (χ1n) is 18.0. The van der Waals surface area contributed by atoms with Gasteiger partial charge in [0.25, 0.3) is 11.8 Å². The molecular weight excluding hydrogens is 716 g/mol. The summed E-state index contributed by atoms with van der Waals surface area (Å²) in [5, 5.41) is 43.1. The molecule has 14 heteroatoms. The van der Waals surface area contributed by atoms with Crippen molar-refractivity contribution in [1.82, 2.24) is 0 Å². The normalized spacial score (nSPS) is 12.2. The third-order valence-electron chi connectivity index (χ3n) is 8.15. The number of aliphatic hydroxyl groups excluding tert-OH is 2. The molecule has 4 N–H and O–H groups in total. The zero-order chi connectivity index (χ0) is 40.8. The zero-order valence-corrected chi connectivity index (χ0v) is 32.9. The monoisotopic (exact) mass is 764 g/mol. The standard InChI is InChI=1S/C42H48N6O8/c1-9-19-55-37-23-33(25(3)21-35(37)45-47-39(27(5)49)41(51)43-29-11-15-31(53-7)16-12-29)34-24-38(56-20-10-2)36(22-26(34)4)46-48-40(28(6)50)42(52)44-30-13-17-32(54-8)18-14-30/h11-18,21-24,49-50H,9-10,19-20H2,1-8H3,(H,43,51)(H,44,52)/b39-27+,40-28+,47-45?,48-46?. The first-order valence-corrected chi connectivity index (χ1v) is 18.0. The molecule has 0 atom stereocenters. The molecule has 0 unspecified atom stereocenters. The molecule has 4 rings (SSSR count). The van der Waals surface area contributed by atoms with Gasteiger partial charge in [0.05, 0.1) is 27.4 Å². The lowest BCUT2D eigenvalue weighted by Gasteiger charge is -2.17. The summed E-state index contributed by atoms with van der Waals surface area (Å²) in [5.41, 5.74) is 4.39. The molecule has 0 aliphatic heterocycles. The van der Waals surface area contributed by atoms with Gasteiger partial charge < -0.3 is 39.8 Å². The fraction of sp³-hybridized carbons (Fsp3) is 0.286. The second kappa shape index (κ2) is 20.1. The summed E-state index contributed by atoms with van der Waals surface area (Å²) < 4.78 is 22.6. The second-order valence-electron chi connectivity index (χ2n) is 12.6. The topological polar surface area (TPSA) is 185 Å². The van der Waals surface area contributed by atoms with E-state index in [0.29, 0.717) is 59.0 Å². The highest BCUT2D eigenvalue weighted by Gasteiger charge is 2.19. The molecule has 4 aromatic carbocycles. The fourth-order valence-electron chi connectivity index (χ4n) is 5.24. The third kappa shape index (κ3) is 11.2. The van der Waals surface area contributed by atoms with Gasteiger partial charge in [-0.1, -0.05) is 13.8 Å². The summed E-state index contributed by atoms with van der Waals surface area (Å²) in [5.74, 6) is 0.162. The average Bonchev–Trinajstić information content (AvgIpc) is 3.17. The molecule has 294 valence electrons. The van der Waals surface area contributed by atoms with Gasteiger partial charge in [-0.05, 0) is 136 Å². The summed E-state index contributed by atoms with van der Waals surface area (Å²) in [6.07, 6.45) is 1.45. The fourth-order valence-corrected chi connectivity index (χ4v) is 5.24. The van der Waals surface area contributed by atoms with Crippen LogP contribution in [0.1, 0.15) is 51.7 Å². The van der Waals surface area contributed by atoms with Gasteiger partial charge >= 0.3 is 0 Å². The molecule has 0 fully saturated rings. The highest BCUT2D eigenvalue weighted by molar-refractivity contribution is 6.04. The summed E-state index contributed by atoms with van der Waals surface area (Å²) in [6, 6.07) is 20.7. The van der Waals surface area contributed by atoms with Crippen molar-refractivity contribution in [1.29, 1.82) is 0 Å². The first-order chi connectivity index (χ1) is 26.9. The van der Waals surface area contributed by atoms with Gasteiger partial charge in [-0.2, -0.15) is 0 Å². The minimum Gasteiger partial charge on any atom is -0.510 e. The largest absolute Gasteiger partial charge is 0.510 e. The lowest BCUT2D eigenvalue weighted by molar-refractivity contribution is -0.113. The number of anilines is 2. The number of aliphatic hydroxyl groups is 2. The van der Waals surface area contributed by atoms with E-state index in [9.17, 15) is 19.8 Å². The van der Waals surface area contributed by atoms with Gasteiger partial charge in [0.1, 0.15) is 45.9 Å². The number of hydrogen-bond donors (Lipinski definition) is 4. The van der Waals surface area contributed by atoms with E-state index >= 15 is 0 Å². The molecule has 0 aliphatic rings. The lowest BCUT2D eigenvalue weighted by Crippen LogP contribution is -2.14. The van der Waals surface area contributed by atoms with Crippen LogP contribution in [0.4, 0.5) is 22.7 Å². The minimum absolute atomic E-state index is 0.269. The molecule has 0 aliphatic carbocycles. The maximum absolute atomic E-state index is 13.1. The number of nitrogens with one attached hydrogen (secondary N) is 2. The van der Waals surface area contributed by atoms with Crippen molar-refractivity contribution < 1.29 is 38.7 Å². The summed E-state index contributed by atoms with van der Waals surface area (Å²) >= 11 is 0. The molecule has 56 heavy (non-hydrogen) atoms. The van der Waals surface area contributed by atoms with Crippen molar-refractivity contribution in [2.75, 3.05) is 38.1 Å². The van der Waals surface area contributed by atoms with Gasteiger partial charge in [0.15, 0.2) is 11.4 Å². The number of amides is 2. The van der Waals surface area contributed by atoms with Crippen LogP contribution in [0.25, 0.3) is 11.1 Å². The van der Waals surface area contributed by atoms with E-state index in [4.69, 9.17) is 18.9 Å². The van der Waals surface area contributed by atoms with Gasteiger partial charge in [-0.25, -0.2) is 0 Å². The number of carbonyl (C=O) groups excluding carboxylic acids is 2. The van der Waals surface area contributed by atoms with Crippen LogP contribution >= 0.6 is 0 Å². The molecule has 0 saturated heterocycles. The number of methoxy groups -OCH3 is 2. The Morgan fingerprint density at radius 3 is 1.27 bits per heavy atom. The van der Waals surface area contributed by atoms with E-state index in [1.54, 1.807) is 74.9 Å². The van der Waals surface area contributed by atoms with Gasteiger partial charge in [0, 0.05) is 11.4 Å². The molecular formula is C42H48N6O8. The van der Waals surface area contributed by atoms with Crippen molar-refractivity contribution in [3.63, 3.8) is 0 Å². The highest BCUT2D eigenvalue weighted by atomic mass is 16.5. The van der Waals surface area contributed by atoms with Gasteiger partial charge in [-0.3, -0.25) is 9.59 Å². The van der Waals surface area contributed by atoms with E-state index in [1.165, 1.54) is 13.8 Å². The number of aryl methyl sites for hydroxylation is 2. The van der Waals surface area contributed by atoms with E-state index in [0.717, 1.165) is 35.1 Å². The Labute approximate surface area is 326 Å². The Morgan fingerprint density at radius 2 is 0.964 bits per heavy atom. The van der Waals surface area contributed by atoms with Crippen molar-refractivity contribution in [3.05, 3.63) is 107 Å². The Kier molecular flexibility index (Phi) is 15.1. The number of benzene rings is 4. The maximum Gasteiger partial charge on any atom is 0.279 e. The predicted molar refractivity (Wildman–Crippen MR) is 216 cm³/mol. The van der Waals surface area contributed by atoms with E-state index in [-0.39, 0.29) is 22.9 Å². The zero-order valence-electron chi connectivity index (χ0n) is 32.9. The number of azo groups is 2. The lowest BCUT2D eigenvalue weighted by atomic mass is 9.95. The predicted octanol–water partition coefficient (Wildman–Crippen LogP) is 10.6. The number of nitrogens with zero attached hydrogens (tertiary/aromatic N) is 4. The Bertz CT molecular complexity index is 1980. The smallest absolute Gasteiger partial charge is 0.279 e. The number of ether oxygens (including phenoxy) is 4. The van der Waals surface area contributed by atoms with Crippen molar-refractivity contribution in [2.24, 2.45) is 20.5 Å². The van der Waals surface area contributed by atoms with Gasteiger partial charge in [0.2, 0.25) is 0 Å². The summed E-state index contributed by atoms with van der Waals surface area (Å²) in [4.78, 5) is 26.2. The molecule has 0 aromatic heterocycles. The second-order valence-corrected chi connectivity index (χ2v) is 12.6. The van der Waals surface area contributed by atoms with Crippen LogP contribution in [0.15, 0.2) is 116 Å². The van der Waals surface area contributed by atoms with Crippen molar-refractivity contribution in [2.45, 2.75) is 54.4 Å². The van der Waals surface area contributed by atoms with E-state index < -0.39 is 11.8 Å². The average molecular weight is 765 g/mol. The quantitative estimate of drug-likeness (QED) is 0.0465. The van der Waals surface area contributed by atoms with E-state index in [1.807, 2.05) is 39.8 Å². The van der Waals surface area contributed by atoms with Gasteiger partial charge in [-0.15, -0.1) is 20.5 Å². The van der Waals surface area contributed by atoms with Crippen LogP contribution in [0, 0.1) is 13.8 Å². The van der Waals surface area contributed by atoms with Crippen LogP contribution in [0.5, 0.6) is 23.0 Å². The summed E-state index contributed by atoms with van der Waals surface area (Å²) in [7, 11) is 3.09. The molecule has 0 radical (unpaired) electrons. The summed E-state index contributed by atoms with van der Waals surface area (Å²) in [6.45, 7) is 11.3. The maximum atomic E-state index is 13.1. The number of hydrogen-bond acceptors (Lipinski definition) is 12. The molecule has 4 aromatic rings. The van der Waals surface area contributed by atoms with Crippen LogP contribution in [0.3, 0.4) is 0 Å². The minimum atomic E-state index is -0.648. The van der Waals surface area contributed by atoms with Crippen molar-refractivity contribution >= 4 is 34.6 Å². The van der Waals surface area contributed by atoms with Crippen LogP contribution < -0.4 is 29.6 Å². The molecule has 0 saturated carbocycles. The highest BCUT2D eigenvalue weighted by Crippen LogP contribution is 2.42. The Morgan fingerprint density at radius 1 is 0.607 bits per heavy atom. The van der Waals surface area contributed by atoms with Crippen molar-refractivity contribution in [3.8, 4) is 34.1 Å².